The number of aromatic nitrogens is 2. The lowest BCUT2D eigenvalue weighted by molar-refractivity contribution is -0.118. The summed E-state index contributed by atoms with van der Waals surface area (Å²) in [5.41, 5.74) is 3.70. The first-order chi connectivity index (χ1) is 12.2. The smallest absolute Gasteiger partial charge is 0.227 e. The second-order valence-corrected chi connectivity index (χ2v) is 6.28. The van der Waals surface area contributed by atoms with E-state index in [1.807, 2.05) is 37.3 Å². The van der Waals surface area contributed by atoms with Crippen LogP contribution in [-0.2, 0) is 11.3 Å². The number of aromatic amines is 1. The molecule has 0 aliphatic carbocycles. The van der Waals surface area contributed by atoms with E-state index >= 15 is 0 Å². The van der Waals surface area contributed by atoms with Crippen LogP contribution in [0, 0.1) is 0 Å². The molecule has 1 aromatic heterocycles. The summed E-state index contributed by atoms with van der Waals surface area (Å²) >= 11 is 5.91. The van der Waals surface area contributed by atoms with Crippen molar-refractivity contribution in [1.29, 1.82) is 0 Å². The van der Waals surface area contributed by atoms with E-state index < -0.39 is 0 Å². The minimum absolute atomic E-state index is 0.0828. The van der Waals surface area contributed by atoms with Gasteiger partial charge in [-0.05, 0) is 42.5 Å². The minimum atomic E-state index is 0.0828. The van der Waals surface area contributed by atoms with E-state index in [0.29, 0.717) is 29.5 Å². The number of H-pyrrole nitrogens is 1. The van der Waals surface area contributed by atoms with Crippen LogP contribution in [0.2, 0.25) is 5.02 Å². The fourth-order valence-electron chi connectivity index (χ4n) is 2.99. The predicted octanol–water partition coefficient (Wildman–Crippen LogP) is 4.78. The van der Waals surface area contributed by atoms with Gasteiger partial charge in [0.1, 0.15) is 11.5 Å². The average Bonchev–Trinajstić information content (AvgIpc) is 3.11. The number of rotatable bonds is 3. The van der Waals surface area contributed by atoms with Crippen molar-refractivity contribution in [3.05, 3.63) is 59.2 Å². The molecule has 25 heavy (non-hydrogen) atoms. The van der Waals surface area contributed by atoms with Crippen LogP contribution >= 0.6 is 11.6 Å². The molecule has 3 aromatic rings. The van der Waals surface area contributed by atoms with Gasteiger partial charge in [0.15, 0.2) is 0 Å². The lowest BCUT2D eigenvalue weighted by Crippen LogP contribution is -2.32. The summed E-state index contributed by atoms with van der Waals surface area (Å²) < 4.78 is 5.92. The quantitative estimate of drug-likeness (QED) is 0.737. The molecule has 0 atom stereocenters. The third-order valence-electron chi connectivity index (χ3n) is 4.23. The van der Waals surface area contributed by atoms with Crippen molar-refractivity contribution in [2.24, 2.45) is 0 Å². The van der Waals surface area contributed by atoms with Crippen molar-refractivity contribution in [3.63, 3.8) is 0 Å². The highest BCUT2D eigenvalue weighted by Crippen LogP contribution is 2.40. The average molecular weight is 354 g/mol. The third kappa shape index (κ3) is 2.87. The van der Waals surface area contributed by atoms with Gasteiger partial charge in [-0.25, -0.2) is 0 Å². The Hall–Kier alpha value is -2.79. The number of benzene rings is 2. The van der Waals surface area contributed by atoms with Crippen LogP contribution in [-0.4, -0.2) is 16.1 Å². The number of amides is 1. The number of ether oxygens (including phenoxy) is 1. The van der Waals surface area contributed by atoms with Gasteiger partial charge < -0.3 is 9.64 Å². The van der Waals surface area contributed by atoms with E-state index in [1.54, 1.807) is 23.2 Å². The van der Waals surface area contributed by atoms with Crippen LogP contribution < -0.4 is 9.64 Å². The molecule has 2 heterocycles. The summed E-state index contributed by atoms with van der Waals surface area (Å²) in [5, 5.41) is 7.82. The van der Waals surface area contributed by atoms with E-state index in [-0.39, 0.29) is 5.91 Å². The van der Waals surface area contributed by atoms with Gasteiger partial charge in [0.25, 0.3) is 0 Å². The van der Waals surface area contributed by atoms with Crippen LogP contribution in [0.3, 0.4) is 0 Å². The summed E-state index contributed by atoms with van der Waals surface area (Å²) in [5.74, 6) is 1.47. The normalized spacial score (nSPS) is 12.5. The molecule has 0 bridgehead atoms. The molecule has 1 N–H and O–H groups in total. The monoisotopic (exact) mass is 353 g/mol. The van der Waals surface area contributed by atoms with Crippen LogP contribution in [0.4, 0.5) is 5.69 Å². The highest BCUT2D eigenvalue weighted by Gasteiger charge is 2.27. The Balaban J connectivity index is 1.74. The first-order valence-corrected chi connectivity index (χ1v) is 8.44. The Morgan fingerprint density at radius 3 is 2.76 bits per heavy atom. The highest BCUT2D eigenvalue weighted by atomic mass is 35.5. The first-order valence-electron chi connectivity index (χ1n) is 8.06. The maximum atomic E-state index is 12.3. The summed E-state index contributed by atoms with van der Waals surface area (Å²) in [6.07, 6.45) is 2.22. The Labute approximate surface area is 150 Å². The van der Waals surface area contributed by atoms with Gasteiger partial charge in [-0.15, -0.1) is 0 Å². The lowest BCUT2D eigenvalue weighted by Gasteiger charge is -2.29. The van der Waals surface area contributed by atoms with Crippen molar-refractivity contribution in [3.8, 4) is 22.8 Å². The SMILES string of the molecule is CCC(=O)N1Cc2cn[nH]c2-c2cc(Oc3ccc(Cl)cc3)ccc21. The van der Waals surface area contributed by atoms with E-state index in [0.717, 1.165) is 22.5 Å². The van der Waals surface area contributed by atoms with Crippen molar-refractivity contribution in [2.75, 3.05) is 4.90 Å². The number of halogens is 1. The van der Waals surface area contributed by atoms with Gasteiger partial charge in [-0.3, -0.25) is 9.89 Å². The molecule has 5 nitrogen and oxygen atoms in total. The molecule has 126 valence electrons. The maximum absolute atomic E-state index is 12.3. The molecular formula is C19H16ClN3O2. The lowest BCUT2D eigenvalue weighted by atomic mass is 9.99. The predicted molar refractivity (Wildman–Crippen MR) is 97.0 cm³/mol. The number of fused-ring (bicyclic) bond motifs is 3. The van der Waals surface area contributed by atoms with Gasteiger partial charge in [0.05, 0.1) is 24.1 Å². The summed E-state index contributed by atoms with van der Waals surface area (Å²) in [6.45, 7) is 2.40. The van der Waals surface area contributed by atoms with E-state index in [1.165, 1.54) is 0 Å². The number of hydrogen-bond acceptors (Lipinski definition) is 3. The second kappa shape index (κ2) is 6.26. The van der Waals surface area contributed by atoms with Crippen LogP contribution in [0.25, 0.3) is 11.3 Å². The van der Waals surface area contributed by atoms with Crippen molar-refractivity contribution < 1.29 is 9.53 Å². The Bertz CT molecular complexity index is 934. The molecular weight excluding hydrogens is 338 g/mol. The summed E-state index contributed by atoms with van der Waals surface area (Å²) in [6, 6.07) is 12.9. The van der Waals surface area contributed by atoms with Gasteiger partial charge in [-0.2, -0.15) is 5.10 Å². The van der Waals surface area contributed by atoms with Gasteiger partial charge >= 0.3 is 0 Å². The molecule has 0 saturated heterocycles. The number of carbonyl (C=O) groups excluding carboxylic acids is 1. The zero-order valence-electron chi connectivity index (χ0n) is 13.6. The van der Waals surface area contributed by atoms with Crippen LogP contribution in [0.5, 0.6) is 11.5 Å². The van der Waals surface area contributed by atoms with Crippen LogP contribution in [0.1, 0.15) is 18.9 Å². The largest absolute Gasteiger partial charge is 0.457 e. The number of nitrogens with zero attached hydrogens (tertiary/aromatic N) is 2. The number of hydrogen-bond donors (Lipinski definition) is 1. The Morgan fingerprint density at radius 1 is 1.24 bits per heavy atom. The highest BCUT2D eigenvalue weighted by molar-refractivity contribution is 6.30. The molecule has 1 amide bonds. The molecule has 0 spiro atoms. The number of carbonyl (C=O) groups is 1. The molecule has 0 saturated carbocycles. The van der Waals surface area contributed by atoms with E-state index in [2.05, 4.69) is 10.2 Å². The topological polar surface area (TPSA) is 58.2 Å². The van der Waals surface area contributed by atoms with Gasteiger partial charge in [-0.1, -0.05) is 18.5 Å². The summed E-state index contributed by atoms with van der Waals surface area (Å²) in [7, 11) is 0. The minimum Gasteiger partial charge on any atom is -0.457 e. The standard InChI is InChI=1S/C19H16ClN3O2/c1-2-18(24)23-11-12-10-21-22-19(12)16-9-15(7-8-17(16)23)25-14-5-3-13(20)4-6-14/h3-10H,2,11H2,1H3,(H,21,22). The van der Waals surface area contributed by atoms with Crippen molar-refractivity contribution in [1.82, 2.24) is 10.2 Å². The summed E-state index contributed by atoms with van der Waals surface area (Å²) in [4.78, 5) is 14.1. The number of anilines is 1. The molecule has 0 unspecified atom stereocenters. The van der Waals surface area contributed by atoms with E-state index in [4.69, 9.17) is 16.3 Å². The van der Waals surface area contributed by atoms with Crippen LogP contribution in [0.15, 0.2) is 48.7 Å². The molecule has 1 aliphatic heterocycles. The van der Waals surface area contributed by atoms with E-state index in [9.17, 15) is 4.79 Å². The first kappa shape index (κ1) is 15.7. The Morgan fingerprint density at radius 2 is 2.00 bits per heavy atom. The molecule has 4 rings (SSSR count). The second-order valence-electron chi connectivity index (χ2n) is 5.84. The zero-order valence-corrected chi connectivity index (χ0v) is 14.4. The van der Waals surface area contributed by atoms with Crippen molar-refractivity contribution >= 4 is 23.2 Å². The zero-order chi connectivity index (χ0) is 17.4. The molecule has 1 aliphatic rings. The van der Waals surface area contributed by atoms with Crippen molar-refractivity contribution in [2.45, 2.75) is 19.9 Å². The third-order valence-corrected chi connectivity index (χ3v) is 4.48. The van der Waals surface area contributed by atoms with Gasteiger partial charge in [0.2, 0.25) is 5.91 Å². The fraction of sp³-hybridized carbons (Fsp3) is 0.158. The maximum Gasteiger partial charge on any atom is 0.227 e. The fourth-order valence-corrected chi connectivity index (χ4v) is 3.11. The molecule has 0 fully saturated rings. The molecule has 2 aromatic carbocycles. The molecule has 0 radical (unpaired) electrons. The number of nitrogens with one attached hydrogen (secondary N) is 1. The Kier molecular flexibility index (Phi) is 3.93. The van der Waals surface area contributed by atoms with Gasteiger partial charge in [0, 0.05) is 22.6 Å². The molecule has 6 heteroatoms.